The molecule has 2 atom stereocenters. The molecule has 4 rings (SSSR count). The van der Waals surface area contributed by atoms with Gasteiger partial charge < -0.3 is 14.5 Å². The number of rotatable bonds is 6. The summed E-state index contributed by atoms with van der Waals surface area (Å²) in [6, 6.07) is 10.9. The number of ether oxygens (including phenoxy) is 1. The maximum atomic E-state index is 6.21. The third-order valence-electron chi connectivity index (χ3n) is 6.23. The van der Waals surface area contributed by atoms with Crippen LogP contribution >= 0.6 is 0 Å². The van der Waals surface area contributed by atoms with Crippen LogP contribution in [-0.4, -0.2) is 79.8 Å². The first kappa shape index (κ1) is 18.4. The highest BCUT2D eigenvalue weighted by Gasteiger charge is 2.28. The molecule has 3 fully saturated rings. The standard InChI is InChI=1S/C22H35N3O/c1-2-7-20(8-3-1)15-24-12-6-14-26-22(18-24)19-25-13-9-21(17-25)16-23-10-4-5-11-23/h1-3,7-8,21-22H,4-6,9-19H2/t21-,22-/m0/s1. The van der Waals surface area contributed by atoms with Crippen LogP contribution in [0.2, 0.25) is 0 Å². The molecule has 3 aliphatic heterocycles. The van der Waals surface area contributed by atoms with Gasteiger partial charge in [-0.25, -0.2) is 0 Å². The monoisotopic (exact) mass is 357 g/mol. The minimum atomic E-state index is 0.367. The van der Waals surface area contributed by atoms with E-state index in [4.69, 9.17) is 4.74 Å². The second kappa shape index (κ2) is 9.32. The quantitative estimate of drug-likeness (QED) is 0.779. The summed E-state index contributed by atoms with van der Waals surface area (Å²) in [6.07, 6.45) is 5.71. The molecule has 0 N–H and O–H groups in total. The topological polar surface area (TPSA) is 19.0 Å². The molecule has 0 aromatic heterocycles. The summed E-state index contributed by atoms with van der Waals surface area (Å²) in [5.41, 5.74) is 1.42. The molecule has 3 saturated heterocycles. The minimum Gasteiger partial charge on any atom is -0.376 e. The van der Waals surface area contributed by atoms with Gasteiger partial charge in [-0.3, -0.25) is 4.90 Å². The fraction of sp³-hybridized carbons (Fsp3) is 0.727. The van der Waals surface area contributed by atoms with Crippen molar-refractivity contribution in [3.63, 3.8) is 0 Å². The molecular weight excluding hydrogens is 322 g/mol. The van der Waals surface area contributed by atoms with Crippen molar-refractivity contribution in [1.82, 2.24) is 14.7 Å². The minimum absolute atomic E-state index is 0.367. The Bertz CT molecular complexity index is 531. The highest BCUT2D eigenvalue weighted by atomic mass is 16.5. The lowest BCUT2D eigenvalue weighted by Gasteiger charge is -2.27. The van der Waals surface area contributed by atoms with Crippen molar-refractivity contribution in [2.45, 2.75) is 38.3 Å². The molecule has 3 heterocycles. The first-order chi connectivity index (χ1) is 12.8. The number of benzene rings is 1. The normalized spacial score (nSPS) is 29.2. The first-order valence-corrected chi connectivity index (χ1v) is 10.7. The Morgan fingerprint density at radius 2 is 1.62 bits per heavy atom. The third kappa shape index (κ3) is 5.29. The summed E-state index contributed by atoms with van der Waals surface area (Å²) in [6.45, 7) is 11.8. The van der Waals surface area contributed by atoms with Gasteiger partial charge in [0.25, 0.3) is 0 Å². The lowest BCUT2D eigenvalue weighted by Crippen LogP contribution is -2.39. The van der Waals surface area contributed by atoms with Crippen molar-refractivity contribution in [2.75, 3.05) is 59.0 Å². The fourth-order valence-corrected chi connectivity index (χ4v) is 4.91. The predicted molar refractivity (Wildman–Crippen MR) is 106 cm³/mol. The van der Waals surface area contributed by atoms with E-state index in [9.17, 15) is 0 Å². The summed E-state index contributed by atoms with van der Waals surface area (Å²) in [5.74, 6) is 0.874. The summed E-state index contributed by atoms with van der Waals surface area (Å²) >= 11 is 0. The molecule has 4 heteroatoms. The van der Waals surface area contributed by atoms with Crippen molar-refractivity contribution in [3.8, 4) is 0 Å². The number of hydrogen-bond donors (Lipinski definition) is 0. The molecule has 0 unspecified atom stereocenters. The average molecular weight is 358 g/mol. The molecule has 0 aliphatic carbocycles. The van der Waals surface area contributed by atoms with E-state index in [0.29, 0.717) is 6.10 Å². The molecule has 3 aliphatic rings. The molecule has 1 aromatic carbocycles. The molecule has 0 spiro atoms. The second-order valence-electron chi connectivity index (χ2n) is 8.49. The van der Waals surface area contributed by atoms with Crippen LogP contribution in [-0.2, 0) is 11.3 Å². The van der Waals surface area contributed by atoms with Gasteiger partial charge in [0.2, 0.25) is 0 Å². The highest BCUT2D eigenvalue weighted by Crippen LogP contribution is 2.21. The molecule has 144 valence electrons. The predicted octanol–water partition coefficient (Wildman–Crippen LogP) is 2.70. The molecule has 0 saturated carbocycles. The fourth-order valence-electron chi connectivity index (χ4n) is 4.91. The van der Waals surface area contributed by atoms with E-state index in [-0.39, 0.29) is 0 Å². The molecule has 0 bridgehead atoms. The van der Waals surface area contributed by atoms with E-state index < -0.39 is 0 Å². The maximum absolute atomic E-state index is 6.21. The Hall–Kier alpha value is -0.940. The number of hydrogen-bond acceptors (Lipinski definition) is 4. The van der Waals surface area contributed by atoms with Gasteiger partial charge in [-0.15, -0.1) is 0 Å². The van der Waals surface area contributed by atoms with E-state index in [2.05, 4.69) is 45.0 Å². The number of nitrogens with zero attached hydrogens (tertiary/aromatic N) is 3. The van der Waals surface area contributed by atoms with Crippen molar-refractivity contribution < 1.29 is 4.74 Å². The first-order valence-electron chi connectivity index (χ1n) is 10.7. The van der Waals surface area contributed by atoms with Crippen molar-refractivity contribution in [1.29, 1.82) is 0 Å². The van der Waals surface area contributed by atoms with E-state index in [1.165, 1.54) is 57.5 Å². The Balaban J connectivity index is 1.24. The average Bonchev–Trinajstić information content (AvgIpc) is 3.27. The van der Waals surface area contributed by atoms with Gasteiger partial charge in [0.05, 0.1) is 6.10 Å². The SMILES string of the molecule is c1ccc(CN2CCCO[C@H](CN3CC[C@@H](CN4CCCC4)C3)C2)cc1. The summed E-state index contributed by atoms with van der Waals surface area (Å²) in [7, 11) is 0. The Morgan fingerprint density at radius 1 is 0.808 bits per heavy atom. The molecule has 0 amide bonds. The van der Waals surface area contributed by atoms with E-state index >= 15 is 0 Å². The van der Waals surface area contributed by atoms with Crippen LogP contribution in [0.4, 0.5) is 0 Å². The molecular formula is C22H35N3O. The summed E-state index contributed by atoms with van der Waals surface area (Å²) < 4.78 is 6.21. The van der Waals surface area contributed by atoms with Gasteiger partial charge in [0.1, 0.15) is 0 Å². The zero-order valence-corrected chi connectivity index (χ0v) is 16.2. The zero-order chi connectivity index (χ0) is 17.6. The second-order valence-corrected chi connectivity index (χ2v) is 8.49. The lowest BCUT2D eigenvalue weighted by molar-refractivity contribution is 0.0298. The van der Waals surface area contributed by atoms with Gasteiger partial charge in [-0.1, -0.05) is 30.3 Å². The van der Waals surface area contributed by atoms with Gasteiger partial charge in [-0.2, -0.15) is 0 Å². The Morgan fingerprint density at radius 3 is 2.46 bits per heavy atom. The third-order valence-corrected chi connectivity index (χ3v) is 6.23. The van der Waals surface area contributed by atoms with Crippen LogP contribution in [0, 0.1) is 5.92 Å². The smallest absolute Gasteiger partial charge is 0.0828 e. The van der Waals surface area contributed by atoms with Crippen molar-refractivity contribution in [3.05, 3.63) is 35.9 Å². The Kier molecular flexibility index (Phi) is 6.60. The van der Waals surface area contributed by atoms with Gasteiger partial charge in [0.15, 0.2) is 0 Å². The molecule has 26 heavy (non-hydrogen) atoms. The van der Waals surface area contributed by atoms with Crippen LogP contribution in [0.25, 0.3) is 0 Å². The molecule has 0 radical (unpaired) electrons. The van der Waals surface area contributed by atoms with Gasteiger partial charge in [-0.05, 0) is 56.8 Å². The highest BCUT2D eigenvalue weighted by molar-refractivity contribution is 5.14. The van der Waals surface area contributed by atoms with Crippen LogP contribution in [0.5, 0.6) is 0 Å². The van der Waals surface area contributed by atoms with Gasteiger partial charge >= 0.3 is 0 Å². The number of likely N-dealkylation sites (tertiary alicyclic amines) is 2. The van der Waals surface area contributed by atoms with Crippen LogP contribution < -0.4 is 0 Å². The van der Waals surface area contributed by atoms with E-state index in [0.717, 1.165) is 45.1 Å². The maximum Gasteiger partial charge on any atom is 0.0828 e. The van der Waals surface area contributed by atoms with E-state index in [1.807, 2.05) is 0 Å². The zero-order valence-electron chi connectivity index (χ0n) is 16.2. The Labute approximate surface area is 159 Å². The summed E-state index contributed by atoms with van der Waals surface area (Å²) in [5, 5.41) is 0. The van der Waals surface area contributed by atoms with E-state index in [1.54, 1.807) is 0 Å². The van der Waals surface area contributed by atoms with Crippen molar-refractivity contribution in [2.24, 2.45) is 5.92 Å². The van der Waals surface area contributed by atoms with Crippen LogP contribution in [0.1, 0.15) is 31.2 Å². The largest absolute Gasteiger partial charge is 0.376 e. The van der Waals surface area contributed by atoms with Crippen LogP contribution in [0.3, 0.4) is 0 Å². The lowest BCUT2D eigenvalue weighted by atomic mass is 10.1. The van der Waals surface area contributed by atoms with Gasteiger partial charge in [0, 0.05) is 45.9 Å². The molecule has 1 aromatic rings. The van der Waals surface area contributed by atoms with Crippen molar-refractivity contribution >= 4 is 0 Å². The summed E-state index contributed by atoms with van der Waals surface area (Å²) in [4.78, 5) is 7.93. The van der Waals surface area contributed by atoms with Crippen LogP contribution in [0.15, 0.2) is 30.3 Å². The molecule has 4 nitrogen and oxygen atoms in total.